The standard InChI is InChI=1S/C11H22FNO/c1-10(2)14-8-4-6-13-7-5-11(3,12)9-13/h10H,4-9H2,1-3H3. The fourth-order valence-corrected chi connectivity index (χ4v) is 1.81. The van der Waals surface area contributed by atoms with Crippen LogP contribution in [-0.4, -0.2) is 42.9 Å². The third-order valence-electron chi connectivity index (χ3n) is 2.57. The molecule has 0 aromatic carbocycles. The fourth-order valence-electron chi connectivity index (χ4n) is 1.81. The van der Waals surface area contributed by atoms with Crippen LogP contribution in [0.2, 0.25) is 0 Å². The van der Waals surface area contributed by atoms with Gasteiger partial charge < -0.3 is 4.74 Å². The van der Waals surface area contributed by atoms with Gasteiger partial charge >= 0.3 is 0 Å². The van der Waals surface area contributed by atoms with Gasteiger partial charge in [-0.15, -0.1) is 0 Å². The Bertz CT molecular complexity index is 171. The number of nitrogens with zero attached hydrogens (tertiary/aromatic N) is 1. The lowest BCUT2D eigenvalue weighted by Gasteiger charge is -2.17. The summed E-state index contributed by atoms with van der Waals surface area (Å²) in [6, 6.07) is 0. The first-order valence-corrected chi connectivity index (χ1v) is 5.52. The summed E-state index contributed by atoms with van der Waals surface area (Å²) in [6.45, 7) is 9.01. The minimum atomic E-state index is -0.959. The number of hydrogen-bond donors (Lipinski definition) is 0. The van der Waals surface area contributed by atoms with Crippen molar-refractivity contribution in [2.75, 3.05) is 26.2 Å². The molecule has 0 aromatic heterocycles. The van der Waals surface area contributed by atoms with E-state index in [2.05, 4.69) is 4.90 Å². The van der Waals surface area contributed by atoms with E-state index in [4.69, 9.17) is 4.74 Å². The van der Waals surface area contributed by atoms with E-state index in [0.29, 0.717) is 19.1 Å². The molecule has 0 aliphatic carbocycles. The van der Waals surface area contributed by atoms with Gasteiger partial charge in [0.05, 0.1) is 6.10 Å². The lowest BCUT2D eigenvalue weighted by atomic mass is 10.1. The summed E-state index contributed by atoms with van der Waals surface area (Å²) in [5, 5.41) is 0. The van der Waals surface area contributed by atoms with E-state index in [0.717, 1.165) is 26.1 Å². The molecule has 14 heavy (non-hydrogen) atoms. The molecule has 0 aromatic rings. The summed E-state index contributed by atoms with van der Waals surface area (Å²) in [5.41, 5.74) is -0.959. The van der Waals surface area contributed by atoms with E-state index in [1.54, 1.807) is 6.92 Å². The van der Waals surface area contributed by atoms with Crippen molar-refractivity contribution in [3.63, 3.8) is 0 Å². The van der Waals surface area contributed by atoms with Crippen LogP contribution in [0, 0.1) is 0 Å². The summed E-state index contributed by atoms with van der Waals surface area (Å²) in [6.07, 6.45) is 1.99. The molecule has 2 nitrogen and oxygen atoms in total. The van der Waals surface area contributed by atoms with E-state index in [-0.39, 0.29) is 0 Å². The minimum absolute atomic E-state index is 0.306. The van der Waals surface area contributed by atoms with Gasteiger partial charge in [0, 0.05) is 26.2 Å². The van der Waals surface area contributed by atoms with Crippen molar-refractivity contribution >= 4 is 0 Å². The van der Waals surface area contributed by atoms with Crippen molar-refractivity contribution in [3.05, 3.63) is 0 Å². The highest BCUT2D eigenvalue weighted by Gasteiger charge is 2.32. The molecule has 0 amide bonds. The number of hydrogen-bond acceptors (Lipinski definition) is 2. The molecule has 0 spiro atoms. The Labute approximate surface area is 86.4 Å². The molecule has 84 valence electrons. The van der Waals surface area contributed by atoms with Crippen LogP contribution >= 0.6 is 0 Å². The molecule has 1 rings (SSSR count). The molecule has 3 heteroatoms. The van der Waals surface area contributed by atoms with Gasteiger partial charge in [-0.3, -0.25) is 4.90 Å². The SMILES string of the molecule is CC(C)OCCCN1CCC(C)(F)C1. The van der Waals surface area contributed by atoms with Crippen LogP contribution < -0.4 is 0 Å². The summed E-state index contributed by atoms with van der Waals surface area (Å²) in [5.74, 6) is 0. The number of rotatable bonds is 5. The van der Waals surface area contributed by atoms with Crippen LogP contribution in [0.3, 0.4) is 0 Å². The summed E-state index contributed by atoms with van der Waals surface area (Å²) < 4.78 is 18.9. The highest BCUT2D eigenvalue weighted by Crippen LogP contribution is 2.24. The summed E-state index contributed by atoms with van der Waals surface area (Å²) >= 11 is 0. The molecule has 1 heterocycles. The molecule has 1 unspecified atom stereocenters. The molecule has 1 aliphatic heterocycles. The van der Waals surface area contributed by atoms with E-state index in [1.807, 2.05) is 13.8 Å². The van der Waals surface area contributed by atoms with E-state index in [1.165, 1.54) is 0 Å². The van der Waals surface area contributed by atoms with Gasteiger partial charge in [0.25, 0.3) is 0 Å². The lowest BCUT2D eigenvalue weighted by molar-refractivity contribution is 0.0708. The Morgan fingerprint density at radius 3 is 2.71 bits per heavy atom. The van der Waals surface area contributed by atoms with Gasteiger partial charge in [0.15, 0.2) is 0 Å². The molecular formula is C11H22FNO. The average molecular weight is 203 g/mol. The zero-order valence-corrected chi connectivity index (χ0v) is 9.55. The van der Waals surface area contributed by atoms with Gasteiger partial charge in [0.1, 0.15) is 5.67 Å². The molecule has 0 radical (unpaired) electrons. The first-order valence-electron chi connectivity index (χ1n) is 5.52. The normalized spacial score (nSPS) is 28.9. The first kappa shape index (κ1) is 11.9. The molecule has 1 atom stereocenters. The van der Waals surface area contributed by atoms with Crippen molar-refractivity contribution in [3.8, 4) is 0 Å². The van der Waals surface area contributed by atoms with Crippen LogP contribution in [-0.2, 0) is 4.74 Å². The van der Waals surface area contributed by atoms with Crippen LogP contribution in [0.25, 0.3) is 0 Å². The van der Waals surface area contributed by atoms with Crippen LogP contribution in [0.5, 0.6) is 0 Å². The van der Waals surface area contributed by atoms with Crippen molar-refractivity contribution in [1.82, 2.24) is 4.90 Å². The summed E-state index contributed by atoms with van der Waals surface area (Å²) in [7, 11) is 0. The highest BCUT2D eigenvalue weighted by molar-refractivity contribution is 4.86. The Morgan fingerprint density at radius 1 is 1.50 bits per heavy atom. The molecule has 1 aliphatic rings. The second kappa shape index (κ2) is 5.08. The van der Waals surface area contributed by atoms with E-state index < -0.39 is 5.67 Å². The molecule has 1 saturated heterocycles. The highest BCUT2D eigenvalue weighted by atomic mass is 19.1. The van der Waals surface area contributed by atoms with Gasteiger partial charge in [-0.25, -0.2) is 4.39 Å². The maximum Gasteiger partial charge on any atom is 0.122 e. The number of ether oxygens (including phenoxy) is 1. The van der Waals surface area contributed by atoms with Crippen LogP contribution in [0.15, 0.2) is 0 Å². The van der Waals surface area contributed by atoms with Crippen molar-refractivity contribution in [2.24, 2.45) is 0 Å². The molecule has 0 N–H and O–H groups in total. The Hall–Kier alpha value is -0.150. The van der Waals surface area contributed by atoms with Crippen LogP contribution in [0.4, 0.5) is 4.39 Å². The number of halogens is 1. The Kier molecular flexibility index (Phi) is 4.32. The predicted octanol–water partition coefficient (Wildman–Crippen LogP) is 2.24. The summed E-state index contributed by atoms with van der Waals surface area (Å²) in [4.78, 5) is 2.18. The molecule has 0 bridgehead atoms. The lowest BCUT2D eigenvalue weighted by Crippen LogP contribution is -2.27. The minimum Gasteiger partial charge on any atom is -0.379 e. The fraction of sp³-hybridized carbons (Fsp3) is 1.00. The Morgan fingerprint density at radius 2 is 2.21 bits per heavy atom. The van der Waals surface area contributed by atoms with Gasteiger partial charge in [-0.1, -0.05) is 0 Å². The quantitative estimate of drug-likeness (QED) is 0.635. The largest absolute Gasteiger partial charge is 0.379 e. The third-order valence-corrected chi connectivity index (χ3v) is 2.57. The second-order valence-corrected chi connectivity index (χ2v) is 4.71. The average Bonchev–Trinajstić information content (AvgIpc) is 2.39. The van der Waals surface area contributed by atoms with Crippen LogP contribution in [0.1, 0.15) is 33.6 Å². The maximum atomic E-state index is 13.4. The first-order chi connectivity index (χ1) is 6.49. The monoisotopic (exact) mass is 203 g/mol. The molecular weight excluding hydrogens is 181 g/mol. The zero-order valence-electron chi connectivity index (χ0n) is 9.55. The van der Waals surface area contributed by atoms with Gasteiger partial charge in [-0.2, -0.15) is 0 Å². The molecule has 0 saturated carbocycles. The smallest absolute Gasteiger partial charge is 0.122 e. The maximum absolute atomic E-state index is 13.4. The number of likely N-dealkylation sites (tertiary alicyclic amines) is 1. The van der Waals surface area contributed by atoms with E-state index in [9.17, 15) is 4.39 Å². The third kappa shape index (κ3) is 4.38. The van der Waals surface area contributed by atoms with E-state index >= 15 is 0 Å². The number of alkyl halides is 1. The van der Waals surface area contributed by atoms with Gasteiger partial charge in [0.2, 0.25) is 0 Å². The second-order valence-electron chi connectivity index (χ2n) is 4.71. The van der Waals surface area contributed by atoms with Crippen molar-refractivity contribution in [2.45, 2.75) is 45.4 Å². The topological polar surface area (TPSA) is 12.5 Å². The van der Waals surface area contributed by atoms with Gasteiger partial charge in [-0.05, 0) is 33.6 Å². The van der Waals surface area contributed by atoms with Crippen molar-refractivity contribution < 1.29 is 9.13 Å². The molecule has 1 fully saturated rings. The van der Waals surface area contributed by atoms with Crippen molar-refractivity contribution in [1.29, 1.82) is 0 Å². The predicted molar refractivity (Wildman–Crippen MR) is 56.3 cm³/mol. The Balaban J connectivity index is 2.03. The zero-order chi connectivity index (χ0) is 10.6.